The maximum atomic E-state index is 9.52. The van der Waals surface area contributed by atoms with E-state index < -0.39 is 0 Å². The van der Waals surface area contributed by atoms with Gasteiger partial charge in [-0.2, -0.15) is 0 Å². The van der Waals surface area contributed by atoms with Gasteiger partial charge in [0, 0.05) is 26.2 Å². The summed E-state index contributed by atoms with van der Waals surface area (Å²) in [5.74, 6) is 0.440. The second-order valence-corrected chi connectivity index (χ2v) is 3.99. The predicted octanol–water partition coefficient (Wildman–Crippen LogP) is 0.299. The van der Waals surface area contributed by atoms with Gasteiger partial charge in [-0.15, -0.1) is 0 Å². The largest absolute Gasteiger partial charge is 0.393 e. The van der Waals surface area contributed by atoms with Crippen molar-refractivity contribution in [2.24, 2.45) is 5.92 Å². The molecule has 1 saturated heterocycles. The fraction of sp³-hybridized carbons (Fsp3) is 1.00. The van der Waals surface area contributed by atoms with Crippen LogP contribution in [0.3, 0.4) is 0 Å². The Balaban J connectivity index is 2.14. The number of nitrogens with one attached hydrogen (secondary N) is 1. The number of likely N-dealkylation sites (tertiary alicyclic amines) is 1. The van der Waals surface area contributed by atoms with Crippen LogP contribution in [-0.2, 0) is 0 Å². The highest BCUT2D eigenvalue weighted by Crippen LogP contribution is 2.15. The lowest BCUT2D eigenvalue weighted by atomic mass is 9.97. The highest BCUT2D eigenvalue weighted by atomic mass is 16.3. The summed E-state index contributed by atoms with van der Waals surface area (Å²) in [6.07, 6.45) is 0.864. The van der Waals surface area contributed by atoms with Gasteiger partial charge in [0.1, 0.15) is 0 Å². The zero-order valence-electron chi connectivity index (χ0n) is 8.79. The number of nitrogens with zero attached hydrogens (tertiary/aromatic N) is 1. The van der Waals surface area contributed by atoms with E-state index in [-0.39, 0.29) is 6.10 Å². The Morgan fingerprint density at radius 1 is 1.54 bits per heavy atom. The molecule has 0 radical (unpaired) electrons. The first-order valence-electron chi connectivity index (χ1n) is 5.35. The van der Waals surface area contributed by atoms with E-state index in [0.717, 1.165) is 39.1 Å². The lowest BCUT2D eigenvalue weighted by Crippen LogP contribution is -2.44. The molecule has 0 aliphatic carbocycles. The molecule has 0 aromatic carbocycles. The average Bonchev–Trinajstić information content (AvgIpc) is 2.12. The fourth-order valence-corrected chi connectivity index (χ4v) is 1.84. The van der Waals surface area contributed by atoms with E-state index in [1.165, 1.54) is 0 Å². The number of likely N-dealkylation sites (N-methyl/N-ethyl adjacent to an activating group) is 1. The monoisotopic (exact) mass is 186 g/mol. The van der Waals surface area contributed by atoms with Crippen molar-refractivity contribution in [3.8, 4) is 0 Å². The van der Waals surface area contributed by atoms with Gasteiger partial charge in [-0.25, -0.2) is 0 Å². The van der Waals surface area contributed by atoms with Crippen molar-refractivity contribution in [3.63, 3.8) is 0 Å². The summed E-state index contributed by atoms with van der Waals surface area (Å²) in [5, 5.41) is 12.8. The zero-order chi connectivity index (χ0) is 9.68. The molecule has 78 valence electrons. The van der Waals surface area contributed by atoms with Crippen LogP contribution in [0.4, 0.5) is 0 Å². The summed E-state index contributed by atoms with van der Waals surface area (Å²) < 4.78 is 0. The third-order valence-electron chi connectivity index (χ3n) is 2.80. The molecular formula is C10H22N2O. The molecule has 0 spiro atoms. The van der Waals surface area contributed by atoms with Crippen LogP contribution in [0.15, 0.2) is 0 Å². The smallest absolute Gasteiger partial charge is 0.0590 e. The third-order valence-corrected chi connectivity index (χ3v) is 2.80. The fourth-order valence-electron chi connectivity index (χ4n) is 1.84. The van der Waals surface area contributed by atoms with Gasteiger partial charge in [0.05, 0.1) is 6.10 Å². The SMILES string of the molecule is CCNCCN1CCC(O)C(C)C1. The molecule has 2 atom stereocenters. The summed E-state index contributed by atoms with van der Waals surface area (Å²) in [6, 6.07) is 0. The van der Waals surface area contributed by atoms with Crippen molar-refractivity contribution < 1.29 is 5.11 Å². The zero-order valence-corrected chi connectivity index (χ0v) is 8.79. The van der Waals surface area contributed by atoms with E-state index in [4.69, 9.17) is 0 Å². The number of rotatable bonds is 4. The van der Waals surface area contributed by atoms with Gasteiger partial charge < -0.3 is 15.3 Å². The van der Waals surface area contributed by atoms with Gasteiger partial charge in [0.2, 0.25) is 0 Å². The van der Waals surface area contributed by atoms with Crippen LogP contribution in [0.1, 0.15) is 20.3 Å². The normalized spacial score (nSPS) is 30.7. The first-order chi connectivity index (χ1) is 6.24. The summed E-state index contributed by atoms with van der Waals surface area (Å²) in [7, 11) is 0. The Morgan fingerprint density at radius 2 is 2.31 bits per heavy atom. The molecule has 2 N–H and O–H groups in total. The molecule has 0 amide bonds. The summed E-state index contributed by atoms with van der Waals surface area (Å²) in [6.45, 7) is 9.59. The quantitative estimate of drug-likeness (QED) is 0.620. The molecule has 0 bridgehead atoms. The van der Waals surface area contributed by atoms with Gasteiger partial charge in [0.15, 0.2) is 0 Å². The maximum absolute atomic E-state index is 9.52. The minimum Gasteiger partial charge on any atom is -0.393 e. The predicted molar refractivity (Wildman–Crippen MR) is 54.8 cm³/mol. The molecule has 2 unspecified atom stereocenters. The molecule has 0 aromatic heterocycles. The highest BCUT2D eigenvalue weighted by molar-refractivity contribution is 4.77. The van der Waals surface area contributed by atoms with E-state index in [1.807, 2.05) is 0 Å². The van der Waals surface area contributed by atoms with Crippen LogP contribution < -0.4 is 5.32 Å². The number of hydrogen-bond acceptors (Lipinski definition) is 3. The molecule has 13 heavy (non-hydrogen) atoms. The number of piperidine rings is 1. The van der Waals surface area contributed by atoms with Crippen LogP contribution in [0.2, 0.25) is 0 Å². The van der Waals surface area contributed by atoms with Gasteiger partial charge in [0.25, 0.3) is 0 Å². The number of aliphatic hydroxyl groups is 1. The van der Waals surface area contributed by atoms with Crippen LogP contribution in [-0.4, -0.2) is 48.8 Å². The first-order valence-corrected chi connectivity index (χ1v) is 5.35. The second kappa shape index (κ2) is 5.58. The molecule has 1 fully saturated rings. The summed E-state index contributed by atoms with van der Waals surface area (Å²) >= 11 is 0. The van der Waals surface area contributed by atoms with Crippen LogP contribution in [0.5, 0.6) is 0 Å². The molecule has 0 saturated carbocycles. The third kappa shape index (κ3) is 3.63. The maximum Gasteiger partial charge on any atom is 0.0590 e. The van der Waals surface area contributed by atoms with Gasteiger partial charge in [-0.1, -0.05) is 13.8 Å². The van der Waals surface area contributed by atoms with Gasteiger partial charge in [-0.05, 0) is 18.9 Å². The van der Waals surface area contributed by atoms with Gasteiger partial charge in [-0.3, -0.25) is 0 Å². The lowest BCUT2D eigenvalue weighted by molar-refractivity contribution is 0.0356. The van der Waals surface area contributed by atoms with Crippen molar-refractivity contribution >= 4 is 0 Å². The van der Waals surface area contributed by atoms with Crippen molar-refractivity contribution in [1.29, 1.82) is 0 Å². The lowest BCUT2D eigenvalue weighted by Gasteiger charge is -2.34. The Labute approximate surface area is 81.1 Å². The average molecular weight is 186 g/mol. The van der Waals surface area contributed by atoms with E-state index in [2.05, 4.69) is 24.1 Å². The van der Waals surface area contributed by atoms with E-state index in [1.54, 1.807) is 0 Å². The summed E-state index contributed by atoms with van der Waals surface area (Å²) in [5.41, 5.74) is 0. The van der Waals surface area contributed by atoms with Crippen molar-refractivity contribution in [2.45, 2.75) is 26.4 Å². The number of hydrogen-bond donors (Lipinski definition) is 2. The van der Waals surface area contributed by atoms with E-state index >= 15 is 0 Å². The molecule has 3 heteroatoms. The topological polar surface area (TPSA) is 35.5 Å². The molecular weight excluding hydrogens is 164 g/mol. The first kappa shape index (κ1) is 11.0. The molecule has 1 aliphatic rings. The standard InChI is InChI=1S/C10H22N2O/c1-3-11-5-7-12-6-4-10(13)9(2)8-12/h9-11,13H,3-8H2,1-2H3. The Hall–Kier alpha value is -0.120. The summed E-state index contributed by atoms with van der Waals surface area (Å²) in [4.78, 5) is 2.43. The second-order valence-electron chi connectivity index (χ2n) is 3.99. The van der Waals surface area contributed by atoms with Crippen molar-refractivity contribution in [2.75, 3.05) is 32.7 Å². The molecule has 3 nitrogen and oxygen atoms in total. The van der Waals surface area contributed by atoms with E-state index in [0.29, 0.717) is 5.92 Å². The minimum absolute atomic E-state index is 0.0737. The molecule has 1 heterocycles. The van der Waals surface area contributed by atoms with Gasteiger partial charge >= 0.3 is 0 Å². The van der Waals surface area contributed by atoms with Crippen molar-refractivity contribution in [3.05, 3.63) is 0 Å². The Bertz CT molecular complexity index is 141. The van der Waals surface area contributed by atoms with Crippen LogP contribution in [0.25, 0.3) is 0 Å². The van der Waals surface area contributed by atoms with Crippen LogP contribution >= 0.6 is 0 Å². The Morgan fingerprint density at radius 3 is 2.92 bits per heavy atom. The number of aliphatic hydroxyl groups excluding tert-OH is 1. The molecule has 0 aromatic rings. The molecule has 1 aliphatic heterocycles. The molecule has 1 rings (SSSR count). The van der Waals surface area contributed by atoms with Crippen molar-refractivity contribution in [1.82, 2.24) is 10.2 Å². The Kier molecular flexibility index (Phi) is 4.70. The highest BCUT2D eigenvalue weighted by Gasteiger charge is 2.23. The van der Waals surface area contributed by atoms with E-state index in [9.17, 15) is 5.11 Å². The van der Waals surface area contributed by atoms with Crippen LogP contribution in [0, 0.1) is 5.92 Å². The minimum atomic E-state index is -0.0737.